The number of likely N-dealkylation sites (tertiary alicyclic amines) is 1. The molecule has 1 aromatic heterocycles. The van der Waals surface area contributed by atoms with Gasteiger partial charge in [-0.15, -0.1) is 0 Å². The Morgan fingerprint density at radius 2 is 1.60 bits per heavy atom. The highest BCUT2D eigenvalue weighted by atomic mass is 35.5. The fraction of sp³-hybridized carbons (Fsp3) is 0.442. The molecule has 9 rings (SSSR count). The number of ketones is 2. The van der Waals surface area contributed by atoms with E-state index in [9.17, 15) is 29.2 Å². The van der Waals surface area contributed by atoms with Crippen molar-refractivity contribution in [1.82, 2.24) is 14.8 Å². The summed E-state index contributed by atoms with van der Waals surface area (Å²) in [7, 11) is 0. The SMILES string of the molecule is N#Cc1ncc(N2C(=O)C3(CCC3)N(c3ccc(C4CCN(CC5CCN(c6ccc7c(c6)C(=O)N(C6CCC(=O)CC6=O)C7=O)CC5)CC4)c(F)c3)C2=S)cc1Cl. The van der Waals surface area contributed by atoms with Crippen molar-refractivity contribution in [3.05, 3.63) is 81.9 Å². The molecule has 0 bridgehead atoms. The molecular formula is C43H41ClFN7O5S. The van der Waals surface area contributed by atoms with Crippen LogP contribution in [-0.4, -0.2) is 93.5 Å². The highest BCUT2D eigenvalue weighted by Crippen LogP contribution is 2.48. The Labute approximate surface area is 345 Å². The topological polar surface area (TPSA) is 138 Å². The minimum absolute atomic E-state index is 0.0568. The van der Waals surface area contributed by atoms with E-state index in [0.29, 0.717) is 46.8 Å². The molecule has 5 fully saturated rings. The lowest BCUT2D eigenvalue weighted by molar-refractivity contribution is -0.132. The Morgan fingerprint density at radius 1 is 0.879 bits per heavy atom. The van der Waals surface area contributed by atoms with Crippen LogP contribution in [0.25, 0.3) is 0 Å². The molecule has 6 aliphatic rings. The fourth-order valence-corrected chi connectivity index (χ4v) is 10.5. The van der Waals surface area contributed by atoms with Crippen molar-refractivity contribution < 1.29 is 28.4 Å². The maximum Gasteiger partial charge on any atom is 0.262 e. The summed E-state index contributed by atoms with van der Waals surface area (Å²) in [5.74, 6) is -1.39. The van der Waals surface area contributed by atoms with E-state index in [-0.39, 0.29) is 64.3 Å². The molecule has 1 spiro atoms. The van der Waals surface area contributed by atoms with Crippen molar-refractivity contribution in [3.63, 3.8) is 0 Å². The third-order valence-electron chi connectivity index (χ3n) is 13.2. The first-order chi connectivity index (χ1) is 28.0. The van der Waals surface area contributed by atoms with Gasteiger partial charge in [0, 0.05) is 37.4 Å². The zero-order valence-corrected chi connectivity index (χ0v) is 33.4. The molecule has 15 heteroatoms. The van der Waals surface area contributed by atoms with Crippen LogP contribution in [0, 0.1) is 23.1 Å². The maximum absolute atomic E-state index is 16.0. The molecule has 1 atom stereocenters. The van der Waals surface area contributed by atoms with Crippen molar-refractivity contribution in [1.29, 1.82) is 5.26 Å². The van der Waals surface area contributed by atoms with Gasteiger partial charge in [0.1, 0.15) is 23.2 Å². The highest BCUT2D eigenvalue weighted by Gasteiger charge is 2.60. The minimum Gasteiger partial charge on any atom is -0.371 e. The lowest BCUT2D eigenvalue weighted by Crippen LogP contribution is -2.55. The summed E-state index contributed by atoms with van der Waals surface area (Å²) in [6.07, 6.45) is 7.20. The highest BCUT2D eigenvalue weighted by molar-refractivity contribution is 7.81. The summed E-state index contributed by atoms with van der Waals surface area (Å²) >= 11 is 12.1. The molecule has 3 aromatic rings. The lowest BCUT2D eigenvalue weighted by atomic mass is 9.75. The molecule has 0 radical (unpaired) electrons. The van der Waals surface area contributed by atoms with E-state index < -0.39 is 23.4 Å². The van der Waals surface area contributed by atoms with Gasteiger partial charge in [-0.05, 0) is 130 Å². The average molecular weight is 822 g/mol. The monoisotopic (exact) mass is 821 g/mol. The number of aromatic nitrogens is 1. The second-order valence-electron chi connectivity index (χ2n) is 16.4. The number of hydrogen-bond donors (Lipinski definition) is 0. The van der Waals surface area contributed by atoms with Gasteiger partial charge < -0.3 is 14.7 Å². The first-order valence-electron chi connectivity index (χ1n) is 20.0. The summed E-state index contributed by atoms with van der Waals surface area (Å²) in [4.78, 5) is 77.8. The van der Waals surface area contributed by atoms with E-state index in [1.807, 2.05) is 24.3 Å². The third kappa shape index (κ3) is 6.38. The van der Waals surface area contributed by atoms with E-state index in [4.69, 9.17) is 23.8 Å². The first kappa shape index (κ1) is 38.4. The maximum atomic E-state index is 16.0. The number of amides is 3. The van der Waals surface area contributed by atoms with E-state index in [1.165, 1.54) is 23.2 Å². The number of hydrogen-bond acceptors (Lipinski definition) is 10. The third-order valence-corrected chi connectivity index (χ3v) is 13.9. The number of nitriles is 1. The van der Waals surface area contributed by atoms with Gasteiger partial charge in [0.25, 0.3) is 17.7 Å². The predicted molar refractivity (Wildman–Crippen MR) is 217 cm³/mol. The van der Waals surface area contributed by atoms with Crippen molar-refractivity contribution >= 4 is 75.3 Å². The molecule has 2 aromatic carbocycles. The number of thiocarbonyl (C=S) groups is 1. The number of fused-ring (bicyclic) bond motifs is 1. The molecule has 2 aliphatic carbocycles. The second kappa shape index (κ2) is 14.9. The zero-order valence-electron chi connectivity index (χ0n) is 31.8. The number of imide groups is 1. The van der Waals surface area contributed by atoms with Crippen LogP contribution < -0.4 is 14.7 Å². The Bertz CT molecular complexity index is 2330. The summed E-state index contributed by atoms with van der Waals surface area (Å²) in [5, 5.41) is 9.62. The number of pyridine rings is 1. The number of benzene rings is 2. The van der Waals surface area contributed by atoms with E-state index in [0.717, 1.165) is 75.4 Å². The Kier molecular flexibility index (Phi) is 9.89. The first-order valence-corrected chi connectivity index (χ1v) is 20.8. The van der Waals surface area contributed by atoms with Gasteiger partial charge in [0.2, 0.25) is 0 Å². The minimum atomic E-state index is -0.892. The normalized spacial score (nSPS) is 22.9. The summed E-state index contributed by atoms with van der Waals surface area (Å²) in [5.41, 5.74) is 2.25. The number of Topliss-reactive ketones (excluding diaryl/α,β-unsaturated/α-hetero) is 2. The molecule has 298 valence electrons. The van der Waals surface area contributed by atoms with Crippen LogP contribution in [0.15, 0.2) is 48.7 Å². The standard InChI is InChI=1S/C43H41ClFN7O5S/c44-34-19-29(23-47-36(34)22-46)50-41(57)43(12-1-13-43)52(42(50)58)28-3-5-31(35(45)20-28)26-10-14-48(15-11-26)24-25-8-16-49(17-9-25)27-2-6-32-33(18-27)40(56)51(39(32)55)37-7-4-30(53)21-38(37)54/h2-3,5-6,18-20,23,25-26,37H,1,4,7-17,21,24H2. The summed E-state index contributed by atoms with van der Waals surface area (Å²) in [6.45, 7) is 4.33. The quantitative estimate of drug-likeness (QED) is 0.153. The molecule has 3 amide bonds. The smallest absolute Gasteiger partial charge is 0.262 e. The van der Waals surface area contributed by atoms with E-state index >= 15 is 4.39 Å². The number of nitrogens with zero attached hydrogens (tertiary/aromatic N) is 7. The van der Waals surface area contributed by atoms with Gasteiger partial charge in [-0.2, -0.15) is 5.26 Å². The van der Waals surface area contributed by atoms with Gasteiger partial charge in [0.05, 0.1) is 40.5 Å². The van der Waals surface area contributed by atoms with Gasteiger partial charge in [-0.25, -0.2) is 9.37 Å². The van der Waals surface area contributed by atoms with Crippen LogP contribution in [0.1, 0.15) is 102 Å². The van der Waals surface area contributed by atoms with Crippen molar-refractivity contribution in [2.75, 3.05) is 47.4 Å². The molecule has 58 heavy (non-hydrogen) atoms. The van der Waals surface area contributed by atoms with Crippen LogP contribution in [0.5, 0.6) is 0 Å². The summed E-state index contributed by atoms with van der Waals surface area (Å²) < 4.78 is 16.0. The second-order valence-corrected chi connectivity index (χ2v) is 17.2. The van der Waals surface area contributed by atoms with Crippen LogP contribution >= 0.6 is 23.8 Å². The molecule has 12 nitrogen and oxygen atoms in total. The Hall–Kier alpha value is -5.10. The number of carbonyl (C=O) groups excluding carboxylic acids is 5. The number of carbonyl (C=O) groups is 5. The van der Waals surface area contributed by atoms with E-state index in [2.05, 4.69) is 14.8 Å². The molecule has 5 heterocycles. The van der Waals surface area contributed by atoms with Gasteiger partial charge in [0.15, 0.2) is 16.6 Å². The van der Waals surface area contributed by atoms with E-state index in [1.54, 1.807) is 17.0 Å². The Morgan fingerprint density at radius 3 is 2.26 bits per heavy atom. The molecule has 2 saturated carbocycles. The zero-order chi connectivity index (χ0) is 40.5. The number of piperidine rings is 2. The van der Waals surface area contributed by atoms with Gasteiger partial charge in [-0.1, -0.05) is 17.7 Å². The van der Waals surface area contributed by atoms with Crippen molar-refractivity contribution in [3.8, 4) is 6.07 Å². The van der Waals surface area contributed by atoms with Crippen LogP contribution in [0.2, 0.25) is 5.02 Å². The molecule has 1 unspecified atom stereocenters. The van der Waals surface area contributed by atoms with Gasteiger partial charge in [-0.3, -0.25) is 33.8 Å². The number of halogens is 2. The molecular weight excluding hydrogens is 781 g/mol. The Balaban J connectivity index is 0.794. The average Bonchev–Trinajstić information content (AvgIpc) is 3.59. The lowest BCUT2D eigenvalue weighted by Gasteiger charge is -2.43. The number of anilines is 3. The largest absolute Gasteiger partial charge is 0.371 e. The van der Waals surface area contributed by atoms with Gasteiger partial charge >= 0.3 is 0 Å². The van der Waals surface area contributed by atoms with Crippen LogP contribution in [-0.2, 0) is 14.4 Å². The molecule has 3 saturated heterocycles. The molecule has 0 N–H and O–H groups in total. The fourth-order valence-electron chi connectivity index (χ4n) is 9.85. The van der Waals surface area contributed by atoms with Crippen molar-refractivity contribution in [2.45, 2.75) is 81.7 Å². The molecule has 4 aliphatic heterocycles. The van der Waals surface area contributed by atoms with Crippen molar-refractivity contribution in [2.24, 2.45) is 5.92 Å². The van der Waals surface area contributed by atoms with Crippen LogP contribution in [0.4, 0.5) is 21.5 Å². The number of rotatable bonds is 7. The van der Waals surface area contributed by atoms with Crippen LogP contribution in [0.3, 0.4) is 0 Å². The predicted octanol–water partition coefficient (Wildman–Crippen LogP) is 6.19. The summed E-state index contributed by atoms with van der Waals surface area (Å²) in [6, 6.07) is 13.1.